The van der Waals surface area contributed by atoms with Gasteiger partial charge in [0.25, 0.3) is 0 Å². The van der Waals surface area contributed by atoms with Gasteiger partial charge in [-0.25, -0.2) is 0 Å². The van der Waals surface area contributed by atoms with Crippen molar-refractivity contribution >= 4 is 35.5 Å². The standard InChI is InChI=1S/C15H17ClN4.ClH/c16-12-13-6-7-15(18-17-13)20-10-8-19(9-11-20)14-4-2-1-3-5-14;/h1-7H,8-12H2;1H. The highest BCUT2D eigenvalue weighted by Gasteiger charge is 2.18. The SMILES string of the molecule is Cl.ClCc1ccc(N2CCN(c3ccccc3)CC2)nn1. The number of benzene rings is 1. The molecule has 21 heavy (non-hydrogen) atoms. The molecule has 6 heteroatoms. The molecule has 0 bridgehead atoms. The van der Waals surface area contributed by atoms with E-state index in [0.29, 0.717) is 5.88 Å². The number of rotatable bonds is 3. The fraction of sp³-hybridized carbons (Fsp3) is 0.333. The third-order valence-electron chi connectivity index (χ3n) is 3.57. The molecular formula is C15H18Cl2N4. The molecule has 1 aliphatic heterocycles. The summed E-state index contributed by atoms with van der Waals surface area (Å²) in [6.07, 6.45) is 0. The molecule has 0 saturated carbocycles. The van der Waals surface area contributed by atoms with Gasteiger partial charge in [0.2, 0.25) is 0 Å². The van der Waals surface area contributed by atoms with Crippen LogP contribution in [0.1, 0.15) is 5.69 Å². The fourth-order valence-electron chi connectivity index (χ4n) is 2.43. The highest BCUT2D eigenvalue weighted by Crippen LogP contribution is 2.18. The van der Waals surface area contributed by atoms with Crippen LogP contribution in [0.25, 0.3) is 0 Å². The van der Waals surface area contributed by atoms with E-state index in [4.69, 9.17) is 11.6 Å². The number of hydrogen-bond donors (Lipinski definition) is 0. The zero-order valence-corrected chi connectivity index (χ0v) is 13.2. The van der Waals surface area contributed by atoms with Crippen LogP contribution >= 0.6 is 24.0 Å². The van der Waals surface area contributed by atoms with Gasteiger partial charge in [-0.3, -0.25) is 0 Å². The minimum absolute atomic E-state index is 0. The Morgan fingerprint density at radius 1 is 0.857 bits per heavy atom. The lowest BCUT2D eigenvalue weighted by Crippen LogP contribution is -2.46. The molecular weight excluding hydrogens is 307 g/mol. The smallest absolute Gasteiger partial charge is 0.151 e. The van der Waals surface area contributed by atoms with Crippen molar-refractivity contribution < 1.29 is 0 Å². The molecule has 1 saturated heterocycles. The van der Waals surface area contributed by atoms with Gasteiger partial charge in [-0.05, 0) is 24.3 Å². The van der Waals surface area contributed by atoms with Crippen LogP contribution in [0.3, 0.4) is 0 Å². The summed E-state index contributed by atoms with van der Waals surface area (Å²) in [4.78, 5) is 4.67. The summed E-state index contributed by atoms with van der Waals surface area (Å²) in [5.41, 5.74) is 2.11. The first-order valence-electron chi connectivity index (χ1n) is 6.80. The monoisotopic (exact) mass is 324 g/mol. The van der Waals surface area contributed by atoms with Gasteiger partial charge in [0.05, 0.1) is 11.6 Å². The first-order valence-corrected chi connectivity index (χ1v) is 7.34. The molecule has 1 fully saturated rings. The van der Waals surface area contributed by atoms with Crippen LogP contribution in [-0.4, -0.2) is 36.4 Å². The minimum atomic E-state index is 0. The van der Waals surface area contributed by atoms with E-state index in [9.17, 15) is 0 Å². The van der Waals surface area contributed by atoms with E-state index in [2.05, 4.69) is 44.3 Å². The van der Waals surface area contributed by atoms with Crippen molar-refractivity contribution in [2.75, 3.05) is 36.0 Å². The Bertz CT molecular complexity index is 539. The number of hydrogen-bond acceptors (Lipinski definition) is 4. The molecule has 4 nitrogen and oxygen atoms in total. The van der Waals surface area contributed by atoms with E-state index >= 15 is 0 Å². The van der Waals surface area contributed by atoms with Gasteiger partial charge in [-0.15, -0.1) is 29.1 Å². The summed E-state index contributed by atoms with van der Waals surface area (Å²) >= 11 is 5.73. The number of piperazine rings is 1. The summed E-state index contributed by atoms with van der Waals surface area (Å²) in [7, 11) is 0. The maximum absolute atomic E-state index is 5.73. The molecule has 1 aliphatic rings. The second kappa shape index (κ2) is 7.48. The van der Waals surface area contributed by atoms with Crippen molar-refractivity contribution in [2.24, 2.45) is 0 Å². The average Bonchev–Trinajstić information content (AvgIpc) is 2.56. The average molecular weight is 325 g/mol. The van der Waals surface area contributed by atoms with Crippen LogP contribution in [0.15, 0.2) is 42.5 Å². The van der Waals surface area contributed by atoms with Gasteiger partial charge < -0.3 is 9.80 Å². The van der Waals surface area contributed by atoms with Gasteiger partial charge in [-0.1, -0.05) is 18.2 Å². The van der Waals surface area contributed by atoms with E-state index in [-0.39, 0.29) is 12.4 Å². The molecule has 3 rings (SSSR count). The van der Waals surface area contributed by atoms with Crippen LogP contribution in [0, 0.1) is 0 Å². The Balaban J connectivity index is 0.00000161. The van der Waals surface area contributed by atoms with Gasteiger partial charge >= 0.3 is 0 Å². The highest BCUT2D eigenvalue weighted by molar-refractivity contribution is 6.16. The topological polar surface area (TPSA) is 32.3 Å². The molecule has 2 aromatic rings. The van der Waals surface area contributed by atoms with Crippen LogP contribution < -0.4 is 9.80 Å². The normalized spacial score (nSPS) is 14.7. The van der Waals surface area contributed by atoms with Crippen molar-refractivity contribution in [2.45, 2.75) is 5.88 Å². The minimum Gasteiger partial charge on any atom is -0.368 e. The summed E-state index contributed by atoms with van der Waals surface area (Å²) in [5.74, 6) is 1.35. The van der Waals surface area contributed by atoms with Crippen molar-refractivity contribution in [3.05, 3.63) is 48.2 Å². The van der Waals surface area contributed by atoms with E-state index < -0.39 is 0 Å². The van der Waals surface area contributed by atoms with Crippen molar-refractivity contribution in [1.29, 1.82) is 0 Å². The molecule has 0 spiro atoms. The van der Waals surface area contributed by atoms with Crippen LogP contribution in [0.4, 0.5) is 11.5 Å². The number of halogens is 2. The Hall–Kier alpha value is -1.52. The summed E-state index contributed by atoms with van der Waals surface area (Å²) in [6.45, 7) is 3.93. The Labute approximate surface area is 136 Å². The second-order valence-electron chi connectivity index (χ2n) is 4.83. The van der Waals surface area contributed by atoms with Crippen LogP contribution in [0.5, 0.6) is 0 Å². The fourth-order valence-corrected chi connectivity index (χ4v) is 2.57. The lowest BCUT2D eigenvalue weighted by Gasteiger charge is -2.36. The number of alkyl halides is 1. The molecule has 112 valence electrons. The maximum atomic E-state index is 5.73. The van der Waals surface area contributed by atoms with Gasteiger partial charge in [0.1, 0.15) is 0 Å². The molecule has 0 amide bonds. The lowest BCUT2D eigenvalue weighted by molar-refractivity contribution is 0.643. The molecule has 0 aliphatic carbocycles. The van der Waals surface area contributed by atoms with Crippen LogP contribution in [0.2, 0.25) is 0 Å². The van der Waals surface area contributed by atoms with Crippen LogP contribution in [-0.2, 0) is 5.88 Å². The largest absolute Gasteiger partial charge is 0.368 e. The summed E-state index contributed by atoms with van der Waals surface area (Å²) in [6, 6.07) is 14.5. The van der Waals surface area contributed by atoms with Crippen molar-refractivity contribution in [3.8, 4) is 0 Å². The van der Waals surface area contributed by atoms with E-state index in [1.807, 2.05) is 18.2 Å². The molecule has 1 aromatic carbocycles. The van der Waals surface area contributed by atoms with E-state index in [1.165, 1.54) is 5.69 Å². The Morgan fingerprint density at radius 2 is 1.52 bits per heavy atom. The first-order chi connectivity index (χ1) is 9.86. The quantitative estimate of drug-likeness (QED) is 0.812. The third kappa shape index (κ3) is 3.77. The lowest BCUT2D eigenvalue weighted by atomic mass is 10.2. The van der Waals surface area contributed by atoms with Gasteiger partial charge in [0.15, 0.2) is 5.82 Å². The number of anilines is 2. The number of nitrogens with zero attached hydrogens (tertiary/aromatic N) is 4. The zero-order chi connectivity index (χ0) is 13.8. The molecule has 0 radical (unpaired) electrons. The Kier molecular flexibility index (Phi) is 5.65. The van der Waals surface area contributed by atoms with Gasteiger partial charge in [0, 0.05) is 31.9 Å². The van der Waals surface area contributed by atoms with Gasteiger partial charge in [-0.2, -0.15) is 5.10 Å². The predicted octanol–water partition coefficient (Wildman–Crippen LogP) is 2.96. The number of aromatic nitrogens is 2. The summed E-state index contributed by atoms with van der Waals surface area (Å²) < 4.78 is 0. The zero-order valence-electron chi connectivity index (χ0n) is 11.7. The van der Waals surface area contributed by atoms with E-state index in [1.54, 1.807) is 0 Å². The third-order valence-corrected chi connectivity index (χ3v) is 3.84. The molecule has 2 heterocycles. The molecule has 0 N–H and O–H groups in total. The highest BCUT2D eigenvalue weighted by atomic mass is 35.5. The maximum Gasteiger partial charge on any atom is 0.151 e. The predicted molar refractivity (Wildman–Crippen MR) is 89.7 cm³/mol. The first kappa shape index (κ1) is 15.9. The van der Waals surface area contributed by atoms with Crippen molar-refractivity contribution in [3.63, 3.8) is 0 Å². The van der Waals surface area contributed by atoms with Crippen molar-refractivity contribution in [1.82, 2.24) is 10.2 Å². The summed E-state index contributed by atoms with van der Waals surface area (Å²) in [5, 5.41) is 8.36. The second-order valence-corrected chi connectivity index (χ2v) is 5.09. The molecule has 1 aromatic heterocycles. The Morgan fingerprint density at radius 3 is 2.10 bits per heavy atom. The van der Waals surface area contributed by atoms with E-state index in [0.717, 1.165) is 37.7 Å². The number of para-hydroxylation sites is 1. The molecule has 0 atom stereocenters. The molecule has 0 unspecified atom stereocenters.